The maximum absolute atomic E-state index is 12.2. The van der Waals surface area contributed by atoms with Gasteiger partial charge in [-0.3, -0.25) is 4.79 Å². The first-order valence-electron chi connectivity index (χ1n) is 7.44. The first kappa shape index (κ1) is 17.5. The van der Waals surface area contributed by atoms with Gasteiger partial charge >= 0.3 is 12.1 Å². The maximum Gasteiger partial charge on any atom is 0.410 e. The van der Waals surface area contributed by atoms with Crippen molar-refractivity contribution in [3.63, 3.8) is 0 Å². The predicted octanol–water partition coefficient (Wildman–Crippen LogP) is 2.30. The molecule has 0 spiro atoms. The number of carbonyl (C=O) groups is 3. The third-order valence-corrected chi connectivity index (χ3v) is 3.18. The molecule has 1 rings (SSSR count). The van der Waals surface area contributed by atoms with Gasteiger partial charge in [0.15, 0.2) is 0 Å². The van der Waals surface area contributed by atoms with Crippen LogP contribution >= 0.6 is 0 Å². The van der Waals surface area contributed by atoms with Gasteiger partial charge in [-0.15, -0.1) is 0 Å². The van der Waals surface area contributed by atoms with Crippen molar-refractivity contribution in [1.29, 1.82) is 0 Å². The molecule has 0 aliphatic carbocycles. The first-order valence-corrected chi connectivity index (χ1v) is 7.44. The molecule has 0 bridgehead atoms. The molecule has 1 atom stereocenters. The fourth-order valence-corrected chi connectivity index (χ4v) is 2.28. The van der Waals surface area contributed by atoms with Gasteiger partial charge in [0.25, 0.3) is 0 Å². The molecule has 1 aliphatic rings. The van der Waals surface area contributed by atoms with E-state index < -0.39 is 23.4 Å². The van der Waals surface area contributed by atoms with Gasteiger partial charge in [-0.1, -0.05) is 0 Å². The lowest BCUT2D eigenvalue weighted by Crippen LogP contribution is -2.47. The van der Waals surface area contributed by atoms with E-state index in [-0.39, 0.29) is 19.1 Å². The number of carbonyl (C=O) groups excluding carboxylic acids is 3. The van der Waals surface area contributed by atoms with Crippen molar-refractivity contribution in [3.05, 3.63) is 0 Å². The van der Waals surface area contributed by atoms with Crippen LogP contribution in [0.2, 0.25) is 0 Å². The molecule has 0 saturated carbocycles. The Kier molecular flexibility index (Phi) is 6.18. The lowest BCUT2D eigenvalue weighted by Gasteiger charge is -2.36. The summed E-state index contributed by atoms with van der Waals surface area (Å²) in [4.78, 5) is 37.0. The molecule has 1 amide bonds. The van der Waals surface area contributed by atoms with Gasteiger partial charge in [0.1, 0.15) is 5.60 Å². The van der Waals surface area contributed by atoms with Crippen molar-refractivity contribution in [2.24, 2.45) is 0 Å². The average Bonchev–Trinajstić information content (AvgIpc) is 2.37. The largest absolute Gasteiger partial charge is 0.460 e. The molecule has 0 aromatic heterocycles. The standard InChI is InChI=1S/C15H25NO5/c1-5-20-13(18)12(17)10-11-8-6-7-9-16(11)14(19)21-15(2,3)4/h11H,5-10H2,1-4H3. The van der Waals surface area contributed by atoms with Crippen molar-refractivity contribution in [2.75, 3.05) is 13.2 Å². The molecule has 120 valence electrons. The van der Waals surface area contributed by atoms with Gasteiger partial charge in [0.2, 0.25) is 5.78 Å². The van der Waals surface area contributed by atoms with Crippen LogP contribution in [0.15, 0.2) is 0 Å². The van der Waals surface area contributed by atoms with E-state index in [1.807, 2.05) is 0 Å². The quantitative estimate of drug-likeness (QED) is 0.588. The van der Waals surface area contributed by atoms with Crippen LogP contribution in [-0.4, -0.2) is 47.5 Å². The number of likely N-dealkylation sites (tertiary alicyclic amines) is 1. The molecular formula is C15H25NO5. The highest BCUT2D eigenvalue weighted by molar-refractivity contribution is 6.33. The number of ether oxygens (including phenoxy) is 2. The van der Waals surface area contributed by atoms with Gasteiger partial charge < -0.3 is 14.4 Å². The minimum Gasteiger partial charge on any atom is -0.460 e. The Morgan fingerprint density at radius 1 is 1.19 bits per heavy atom. The molecule has 0 aromatic rings. The van der Waals surface area contributed by atoms with Gasteiger partial charge in [-0.2, -0.15) is 0 Å². The Morgan fingerprint density at radius 2 is 1.86 bits per heavy atom. The molecule has 1 saturated heterocycles. The Bertz CT molecular complexity index is 399. The van der Waals surface area contributed by atoms with E-state index in [4.69, 9.17) is 9.47 Å². The highest BCUT2D eigenvalue weighted by Gasteiger charge is 2.33. The summed E-state index contributed by atoms with van der Waals surface area (Å²) in [5.74, 6) is -1.41. The smallest absolute Gasteiger partial charge is 0.410 e. The Morgan fingerprint density at radius 3 is 2.43 bits per heavy atom. The zero-order chi connectivity index (χ0) is 16.0. The SMILES string of the molecule is CCOC(=O)C(=O)CC1CCCCN1C(=O)OC(C)(C)C. The normalized spacial score (nSPS) is 19.0. The van der Waals surface area contributed by atoms with Crippen molar-refractivity contribution < 1.29 is 23.9 Å². The molecule has 1 heterocycles. The maximum atomic E-state index is 12.2. The number of esters is 1. The van der Waals surface area contributed by atoms with Crippen LogP contribution < -0.4 is 0 Å². The first-order chi connectivity index (χ1) is 9.74. The second kappa shape index (κ2) is 7.43. The summed E-state index contributed by atoms with van der Waals surface area (Å²) in [6, 6.07) is -0.287. The minimum atomic E-state index is -0.827. The van der Waals surface area contributed by atoms with E-state index in [9.17, 15) is 14.4 Å². The summed E-state index contributed by atoms with van der Waals surface area (Å²) in [6.45, 7) is 7.77. The number of Topliss-reactive ketones (excluding diaryl/α,β-unsaturated/α-hetero) is 1. The summed E-state index contributed by atoms with van der Waals surface area (Å²) in [6.07, 6.45) is 2.08. The topological polar surface area (TPSA) is 72.9 Å². The summed E-state index contributed by atoms with van der Waals surface area (Å²) < 4.78 is 10.1. The molecule has 1 unspecified atom stereocenters. The number of hydrogen-bond acceptors (Lipinski definition) is 5. The second-order valence-electron chi connectivity index (χ2n) is 6.17. The van der Waals surface area contributed by atoms with Crippen molar-refractivity contribution in [2.45, 2.75) is 65.0 Å². The Hall–Kier alpha value is -1.59. The van der Waals surface area contributed by atoms with Crippen LogP contribution in [0.3, 0.4) is 0 Å². The van der Waals surface area contributed by atoms with Gasteiger partial charge in [0, 0.05) is 19.0 Å². The predicted molar refractivity (Wildman–Crippen MR) is 76.8 cm³/mol. The highest BCUT2D eigenvalue weighted by Crippen LogP contribution is 2.22. The molecule has 6 nitrogen and oxygen atoms in total. The van der Waals surface area contributed by atoms with E-state index in [0.717, 1.165) is 12.8 Å². The van der Waals surface area contributed by atoms with Crippen molar-refractivity contribution >= 4 is 17.8 Å². The molecule has 6 heteroatoms. The minimum absolute atomic E-state index is 0.00191. The van der Waals surface area contributed by atoms with Crippen LogP contribution in [-0.2, 0) is 19.1 Å². The van der Waals surface area contributed by atoms with E-state index >= 15 is 0 Å². The molecule has 21 heavy (non-hydrogen) atoms. The summed E-state index contributed by atoms with van der Waals surface area (Å²) in [5.41, 5.74) is -0.579. The van der Waals surface area contributed by atoms with E-state index in [1.165, 1.54) is 0 Å². The van der Waals surface area contributed by atoms with Crippen molar-refractivity contribution in [3.8, 4) is 0 Å². The van der Waals surface area contributed by atoms with Crippen LogP contribution in [0.5, 0.6) is 0 Å². The van der Waals surface area contributed by atoms with Crippen LogP contribution in [0, 0.1) is 0 Å². The fraction of sp³-hybridized carbons (Fsp3) is 0.800. The third kappa shape index (κ3) is 5.73. The second-order valence-corrected chi connectivity index (χ2v) is 6.17. The summed E-state index contributed by atoms with van der Waals surface area (Å²) in [7, 11) is 0. The Labute approximate surface area is 125 Å². The number of nitrogens with zero attached hydrogens (tertiary/aromatic N) is 1. The average molecular weight is 299 g/mol. The molecule has 1 fully saturated rings. The van der Waals surface area contributed by atoms with Crippen LogP contribution in [0.4, 0.5) is 4.79 Å². The van der Waals surface area contributed by atoms with Gasteiger partial charge in [0.05, 0.1) is 6.61 Å². The molecular weight excluding hydrogens is 274 g/mol. The number of rotatable bonds is 4. The van der Waals surface area contributed by atoms with E-state index in [0.29, 0.717) is 13.0 Å². The van der Waals surface area contributed by atoms with Crippen LogP contribution in [0.1, 0.15) is 53.4 Å². The number of ketones is 1. The zero-order valence-electron chi connectivity index (χ0n) is 13.3. The van der Waals surface area contributed by atoms with Gasteiger partial charge in [-0.05, 0) is 47.0 Å². The summed E-state index contributed by atoms with van der Waals surface area (Å²) in [5, 5.41) is 0. The highest BCUT2D eigenvalue weighted by atomic mass is 16.6. The monoisotopic (exact) mass is 299 g/mol. The molecule has 1 aliphatic heterocycles. The Balaban J connectivity index is 2.67. The number of piperidine rings is 1. The number of amides is 1. The molecule has 0 radical (unpaired) electrons. The fourth-order valence-electron chi connectivity index (χ4n) is 2.28. The van der Waals surface area contributed by atoms with Crippen LogP contribution in [0.25, 0.3) is 0 Å². The van der Waals surface area contributed by atoms with E-state index in [2.05, 4.69) is 0 Å². The zero-order valence-corrected chi connectivity index (χ0v) is 13.3. The van der Waals surface area contributed by atoms with Crippen molar-refractivity contribution in [1.82, 2.24) is 4.90 Å². The molecule has 0 N–H and O–H groups in total. The lowest BCUT2D eigenvalue weighted by atomic mass is 9.98. The number of hydrogen-bond donors (Lipinski definition) is 0. The lowest BCUT2D eigenvalue weighted by molar-refractivity contribution is -0.154. The molecule has 0 aromatic carbocycles. The van der Waals surface area contributed by atoms with E-state index in [1.54, 1.807) is 32.6 Å². The van der Waals surface area contributed by atoms with Gasteiger partial charge in [-0.25, -0.2) is 9.59 Å². The summed E-state index contributed by atoms with van der Waals surface area (Å²) >= 11 is 0. The third-order valence-electron chi connectivity index (χ3n) is 3.18.